The summed E-state index contributed by atoms with van der Waals surface area (Å²) in [4.78, 5) is 11.5. The van der Waals surface area contributed by atoms with Crippen LogP contribution >= 0.6 is 11.8 Å². The van der Waals surface area contributed by atoms with Crippen molar-refractivity contribution < 1.29 is 9.90 Å². The number of amides is 1. The van der Waals surface area contributed by atoms with Gasteiger partial charge in [-0.15, -0.1) is 0 Å². The van der Waals surface area contributed by atoms with Crippen LogP contribution in [0, 0.1) is 11.8 Å². The number of hydrogen-bond acceptors (Lipinski definition) is 3. The number of rotatable bonds is 4. The van der Waals surface area contributed by atoms with E-state index in [2.05, 4.69) is 17.2 Å². The van der Waals surface area contributed by atoms with Gasteiger partial charge in [-0.25, -0.2) is 0 Å². The van der Waals surface area contributed by atoms with Crippen molar-refractivity contribution in [1.29, 1.82) is 0 Å². The molecule has 4 heteroatoms. The fraction of sp³-hybridized carbons (Fsp3) is 0.308. The molecule has 0 aliphatic rings. The van der Waals surface area contributed by atoms with Gasteiger partial charge in [-0.2, -0.15) is 11.8 Å². The fourth-order valence-electron chi connectivity index (χ4n) is 1.23. The Morgan fingerprint density at radius 2 is 2.35 bits per heavy atom. The SMILES string of the molecule is CSCCC(=O)Nc1cccc(C#CCO)c1. The second-order valence-corrected chi connectivity index (χ2v) is 4.32. The van der Waals surface area contributed by atoms with E-state index in [1.54, 1.807) is 17.8 Å². The van der Waals surface area contributed by atoms with Crippen molar-refractivity contribution in [3.63, 3.8) is 0 Å². The average Bonchev–Trinajstić information content (AvgIpc) is 2.34. The first kappa shape index (κ1) is 13.6. The van der Waals surface area contributed by atoms with Gasteiger partial charge >= 0.3 is 0 Å². The van der Waals surface area contributed by atoms with E-state index in [9.17, 15) is 4.79 Å². The Bertz CT molecular complexity index is 435. The molecular weight excluding hydrogens is 234 g/mol. The van der Waals surface area contributed by atoms with Crippen LogP contribution in [0.5, 0.6) is 0 Å². The minimum absolute atomic E-state index is 0.00613. The number of aliphatic hydroxyl groups is 1. The Hall–Kier alpha value is -1.44. The zero-order valence-electron chi connectivity index (χ0n) is 9.69. The van der Waals surface area contributed by atoms with Crippen LogP contribution in [0.2, 0.25) is 0 Å². The summed E-state index contributed by atoms with van der Waals surface area (Å²) in [7, 11) is 0. The lowest BCUT2D eigenvalue weighted by Gasteiger charge is -2.04. The van der Waals surface area contributed by atoms with Crippen LogP contribution in [0.15, 0.2) is 24.3 Å². The molecule has 0 bridgehead atoms. The summed E-state index contributed by atoms with van der Waals surface area (Å²) in [6, 6.07) is 7.27. The van der Waals surface area contributed by atoms with Crippen molar-refractivity contribution in [2.24, 2.45) is 0 Å². The monoisotopic (exact) mass is 249 g/mol. The third kappa shape index (κ3) is 5.43. The van der Waals surface area contributed by atoms with Gasteiger partial charge in [0.05, 0.1) is 0 Å². The van der Waals surface area contributed by atoms with Crippen molar-refractivity contribution in [2.45, 2.75) is 6.42 Å². The first-order chi connectivity index (χ1) is 8.26. The van der Waals surface area contributed by atoms with Crippen LogP contribution in [0.25, 0.3) is 0 Å². The number of thioether (sulfide) groups is 1. The first-order valence-corrected chi connectivity index (χ1v) is 6.64. The lowest BCUT2D eigenvalue weighted by atomic mass is 10.2. The third-order valence-electron chi connectivity index (χ3n) is 1.99. The summed E-state index contributed by atoms with van der Waals surface area (Å²) in [5.41, 5.74) is 1.52. The molecule has 0 aliphatic heterocycles. The number of aliphatic hydroxyl groups excluding tert-OH is 1. The van der Waals surface area contributed by atoms with Crippen LogP contribution in [0.3, 0.4) is 0 Å². The van der Waals surface area contributed by atoms with E-state index < -0.39 is 0 Å². The van der Waals surface area contributed by atoms with E-state index >= 15 is 0 Å². The molecule has 17 heavy (non-hydrogen) atoms. The largest absolute Gasteiger partial charge is 0.384 e. The molecule has 0 saturated heterocycles. The highest BCUT2D eigenvalue weighted by Crippen LogP contribution is 2.10. The number of carbonyl (C=O) groups excluding carboxylic acids is 1. The Balaban J connectivity index is 2.62. The Labute approximate surface area is 106 Å². The lowest BCUT2D eigenvalue weighted by Crippen LogP contribution is -2.12. The van der Waals surface area contributed by atoms with Crippen LogP contribution in [-0.4, -0.2) is 29.6 Å². The highest BCUT2D eigenvalue weighted by Gasteiger charge is 2.01. The molecule has 1 amide bonds. The second kappa shape index (κ2) is 7.77. The molecule has 0 aliphatic carbocycles. The summed E-state index contributed by atoms with van der Waals surface area (Å²) < 4.78 is 0. The number of benzene rings is 1. The maximum atomic E-state index is 11.5. The molecule has 0 radical (unpaired) electrons. The maximum absolute atomic E-state index is 11.5. The lowest BCUT2D eigenvalue weighted by molar-refractivity contribution is -0.115. The van der Waals surface area contributed by atoms with E-state index in [0.717, 1.165) is 17.0 Å². The third-order valence-corrected chi connectivity index (χ3v) is 2.60. The molecule has 0 unspecified atom stereocenters. The summed E-state index contributed by atoms with van der Waals surface area (Å²) in [6.07, 6.45) is 2.48. The molecule has 3 nitrogen and oxygen atoms in total. The van der Waals surface area contributed by atoms with E-state index in [1.807, 2.05) is 24.5 Å². The number of carbonyl (C=O) groups is 1. The second-order valence-electron chi connectivity index (χ2n) is 3.33. The van der Waals surface area contributed by atoms with E-state index in [4.69, 9.17) is 5.11 Å². The average molecular weight is 249 g/mol. The molecule has 0 spiro atoms. The zero-order chi connectivity index (χ0) is 12.5. The van der Waals surface area contributed by atoms with Crippen LogP contribution in [-0.2, 0) is 4.79 Å². The normalized spacial score (nSPS) is 9.29. The first-order valence-electron chi connectivity index (χ1n) is 5.25. The molecule has 0 atom stereocenters. The molecule has 0 aromatic heterocycles. The van der Waals surface area contributed by atoms with Gasteiger partial charge in [-0.05, 0) is 24.5 Å². The summed E-state index contributed by atoms with van der Waals surface area (Å²) in [5.74, 6) is 6.19. The molecule has 1 rings (SSSR count). The molecule has 1 aromatic rings. The van der Waals surface area contributed by atoms with Gasteiger partial charge in [0.1, 0.15) is 6.61 Å². The van der Waals surface area contributed by atoms with Gasteiger partial charge in [0.15, 0.2) is 0 Å². The molecule has 90 valence electrons. The highest BCUT2D eigenvalue weighted by atomic mass is 32.2. The molecule has 0 saturated carbocycles. The Morgan fingerprint density at radius 1 is 1.53 bits per heavy atom. The fourth-order valence-corrected chi connectivity index (χ4v) is 1.62. The zero-order valence-corrected chi connectivity index (χ0v) is 10.5. The van der Waals surface area contributed by atoms with E-state index in [0.29, 0.717) is 6.42 Å². The summed E-state index contributed by atoms with van der Waals surface area (Å²) in [6.45, 7) is -0.162. The van der Waals surface area contributed by atoms with Gasteiger partial charge in [-0.3, -0.25) is 4.79 Å². The van der Waals surface area contributed by atoms with Crippen molar-refractivity contribution in [3.8, 4) is 11.8 Å². The van der Waals surface area contributed by atoms with Crippen LogP contribution < -0.4 is 5.32 Å². The standard InChI is InChI=1S/C13H15NO2S/c1-17-9-7-13(16)14-12-6-2-4-11(10-12)5-3-8-15/h2,4,6,10,15H,7-9H2,1H3,(H,14,16). The molecule has 2 N–H and O–H groups in total. The number of nitrogens with one attached hydrogen (secondary N) is 1. The number of anilines is 1. The summed E-state index contributed by atoms with van der Waals surface area (Å²) in [5, 5.41) is 11.4. The van der Waals surface area contributed by atoms with Crippen molar-refractivity contribution in [1.82, 2.24) is 0 Å². The molecule has 1 aromatic carbocycles. The predicted molar refractivity (Wildman–Crippen MR) is 72.0 cm³/mol. The van der Waals surface area contributed by atoms with Crippen molar-refractivity contribution >= 4 is 23.4 Å². The quantitative estimate of drug-likeness (QED) is 0.799. The Morgan fingerprint density at radius 3 is 3.06 bits per heavy atom. The van der Waals surface area contributed by atoms with Crippen LogP contribution in [0.1, 0.15) is 12.0 Å². The highest BCUT2D eigenvalue weighted by molar-refractivity contribution is 7.98. The molecule has 0 heterocycles. The molecular formula is C13H15NO2S. The van der Waals surface area contributed by atoms with E-state index in [-0.39, 0.29) is 12.5 Å². The summed E-state index contributed by atoms with van der Waals surface area (Å²) >= 11 is 1.64. The number of hydrogen-bond donors (Lipinski definition) is 2. The van der Waals surface area contributed by atoms with Crippen molar-refractivity contribution in [3.05, 3.63) is 29.8 Å². The van der Waals surface area contributed by atoms with Gasteiger partial charge in [0.2, 0.25) is 5.91 Å². The Kier molecular flexibility index (Phi) is 6.23. The smallest absolute Gasteiger partial charge is 0.225 e. The van der Waals surface area contributed by atoms with Crippen LogP contribution in [0.4, 0.5) is 5.69 Å². The van der Waals surface area contributed by atoms with Gasteiger partial charge in [-0.1, -0.05) is 17.9 Å². The minimum atomic E-state index is -0.162. The van der Waals surface area contributed by atoms with Gasteiger partial charge < -0.3 is 10.4 Å². The van der Waals surface area contributed by atoms with Gasteiger partial charge in [0.25, 0.3) is 0 Å². The predicted octanol–water partition coefficient (Wildman–Crippen LogP) is 1.72. The topological polar surface area (TPSA) is 49.3 Å². The molecule has 0 fully saturated rings. The maximum Gasteiger partial charge on any atom is 0.225 e. The van der Waals surface area contributed by atoms with E-state index in [1.165, 1.54) is 0 Å². The van der Waals surface area contributed by atoms with Gasteiger partial charge in [0, 0.05) is 23.4 Å². The van der Waals surface area contributed by atoms with Crippen molar-refractivity contribution in [2.75, 3.05) is 23.9 Å². The minimum Gasteiger partial charge on any atom is -0.384 e.